The first kappa shape index (κ1) is 27.9. The van der Waals surface area contributed by atoms with Gasteiger partial charge in [-0.1, -0.05) is 121 Å². The van der Waals surface area contributed by atoms with Crippen LogP contribution in [0.3, 0.4) is 0 Å². The molecular weight excluding hydrogens is 615 g/mol. The van der Waals surface area contributed by atoms with Gasteiger partial charge >= 0.3 is 0 Å². The van der Waals surface area contributed by atoms with Crippen LogP contribution in [-0.4, -0.2) is 0 Å². The van der Waals surface area contributed by atoms with E-state index in [4.69, 9.17) is 4.42 Å². The molecule has 10 rings (SSSR count). The van der Waals surface area contributed by atoms with E-state index < -0.39 is 0 Å². The van der Waals surface area contributed by atoms with Gasteiger partial charge in [0.2, 0.25) is 0 Å². The Morgan fingerprint density at radius 3 is 2.04 bits per heavy atom. The summed E-state index contributed by atoms with van der Waals surface area (Å²) in [4.78, 5) is 2.45. The second-order valence-corrected chi connectivity index (χ2v) is 13.6. The van der Waals surface area contributed by atoms with E-state index in [2.05, 4.69) is 169 Å². The number of thiophene rings is 1. The smallest absolute Gasteiger partial charge is 0.137 e. The largest absolute Gasteiger partial charge is 0.456 e. The summed E-state index contributed by atoms with van der Waals surface area (Å²) in [7, 11) is 0. The molecule has 0 bridgehead atoms. The van der Waals surface area contributed by atoms with Gasteiger partial charge in [0.05, 0.1) is 11.4 Å². The summed E-state index contributed by atoms with van der Waals surface area (Å²) in [6.07, 6.45) is 0. The highest BCUT2D eigenvalue weighted by Crippen LogP contribution is 2.49. The van der Waals surface area contributed by atoms with E-state index in [1.807, 2.05) is 23.5 Å². The van der Waals surface area contributed by atoms with Gasteiger partial charge in [-0.15, -0.1) is 11.3 Å². The molecule has 0 spiro atoms. The predicted molar refractivity (Wildman–Crippen MR) is 210 cm³/mol. The highest BCUT2D eigenvalue weighted by molar-refractivity contribution is 7.26. The summed E-state index contributed by atoms with van der Waals surface area (Å²) in [5, 5.41) is 7.24. The van der Waals surface area contributed by atoms with Crippen molar-refractivity contribution in [2.75, 3.05) is 4.90 Å². The average molecular weight is 644 g/mol. The molecule has 0 radical (unpaired) electrons. The van der Waals surface area contributed by atoms with Crippen molar-refractivity contribution in [3.05, 3.63) is 176 Å². The summed E-state index contributed by atoms with van der Waals surface area (Å²) >= 11 is 1.85. The number of anilines is 3. The van der Waals surface area contributed by atoms with E-state index in [-0.39, 0.29) is 0 Å². The molecule has 0 amide bonds. The van der Waals surface area contributed by atoms with Crippen LogP contribution in [0.2, 0.25) is 0 Å². The molecule has 0 aliphatic carbocycles. The fraction of sp³-hybridized carbons (Fsp3) is 0. The SMILES string of the molecule is c1ccc(-c2ccc(-c3ccc4ccccc4c3)cc2N(c2ccc3c(c2)oc2ccccc23)c2cccc3sc4ccccc4c23)cc1. The van der Waals surface area contributed by atoms with Gasteiger partial charge in [-0.2, -0.15) is 0 Å². The highest BCUT2D eigenvalue weighted by atomic mass is 32.1. The number of para-hydroxylation sites is 1. The Hall–Kier alpha value is -6.16. The number of fused-ring (bicyclic) bond motifs is 7. The van der Waals surface area contributed by atoms with Gasteiger partial charge < -0.3 is 9.32 Å². The van der Waals surface area contributed by atoms with Crippen LogP contribution in [0.4, 0.5) is 17.1 Å². The Balaban J connectivity index is 1.29. The quantitative estimate of drug-likeness (QED) is 0.186. The summed E-state index contributed by atoms with van der Waals surface area (Å²) in [5.41, 5.74) is 9.74. The molecule has 2 aromatic heterocycles. The zero-order valence-corrected chi connectivity index (χ0v) is 27.3. The Bertz CT molecular complexity index is 2840. The molecule has 0 saturated carbocycles. The molecule has 0 fully saturated rings. The third-order valence-electron chi connectivity index (χ3n) is 9.65. The maximum absolute atomic E-state index is 6.48. The van der Waals surface area contributed by atoms with Crippen molar-refractivity contribution in [1.82, 2.24) is 0 Å². The third kappa shape index (κ3) is 4.62. The molecule has 0 atom stereocenters. The van der Waals surface area contributed by atoms with Crippen LogP contribution in [-0.2, 0) is 0 Å². The lowest BCUT2D eigenvalue weighted by Gasteiger charge is -2.29. The van der Waals surface area contributed by atoms with Crippen molar-refractivity contribution >= 4 is 81.3 Å². The topological polar surface area (TPSA) is 16.4 Å². The van der Waals surface area contributed by atoms with Crippen LogP contribution in [0.5, 0.6) is 0 Å². The molecule has 3 heteroatoms. The predicted octanol–water partition coefficient (Wildman–Crippen LogP) is 13.9. The van der Waals surface area contributed by atoms with Crippen molar-refractivity contribution in [2.24, 2.45) is 0 Å². The van der Waals surface area contributed by atoms with Crippen LogP contribution >= 0.6 is 11.3 Å². The summed E-state index contributed by atoms with van der Waals surface area (Å²) in [5.74, 6) is 0. The van der Waals surface area contributed by atoms with Gasteiger partial charge in [-0.3, -0.25) is 0 Å². The molecule has 8 aromatic carbocycles. The Morgan fingerprint density at radius 2 is 1.12 bits per heavy atom. The fourth-order valence-electron chi connectivity index (χ4n) is 7.33. The van der Waals surface area contributed by atoms with Crippen molar-refractivity contribution in [2.45, 2.75) is 0 Å². The molecular formula is C46H29NOS. The minimum atomic E-state index is 0.873. The van der Waals surface area contributed by atoms with E-state index in [0.29, 0.717) is 0 Å². The molecule has 0 aliphatic rings. The lowest BCUT2D eigenvalue weighted by atomic mass is 9.95. The standard InChI is InChI=1S/C46H29NOS/c1-2-12-31(13-3-1)36-25-23-34(33-22-21-30-11-4-5-14-32(30)27-33)28-41(36)47(35-24-26-38-37-15-6-8-18-42(37)48-43(38)29-35)40-17-10-20-45-46(40)39-16-7-9-19-44(39)49-45/h1-29H. The number of benzene rings is 8. The van der Waals surface area contributed by atoms with Gasteiger partial charge in [0.25, 0.3) is 0 Å². The summed E-state index contributed by atoms with van der Waals surface area (Å²) in [6, 6.07) is 63.4. The summed E-state index contributed by atoms with van der Waals surface area (Å²) in [6.45, 7) is 0. The Kier molecular flexibility index (Phi) is 6.39. The fourth-order valence-corrected chi connectivity index (χ4v) is 8.46. The number of hydrogen-bond donors (Lipinski definition) is 0. The Labute approximate surface area is 287 Å². The molecule has 0 unspecified atom stereocenters. The van der Waals surface area contributed by atoms with Gasteiger partial charge in [0.15, 0.2) is 0 Å². The summed E-state index contributed by atoms with van der Waals surface area (Å²) < 4.78 is 9.03. The van der Waals surface area contributed by atoms with Crippen LogP contribution < -0.4 is 4.90 Å². The van der Waals surface area contributed by atoms with Gasteiger partial charge in [-0.05, 0) is 76.0 Å². The van der Waals surface area contributed by atoms with Crippen molar-refractivity contribution in [1.29, 1.82) is 0 Å². The number of nitrogens with zero attached hydrogens (tertiary/aromatic N) is 1. The van der Waals surface area contributed by atoms with Gasteiger partial charge in [-0.25, -0.2) is 0 Å². The Morgan fingerprint density at radius 1 is 0.408 bits per heavy atom. The first-order chi connectivity index (χ1) is 24.3. The van der Waals surface area contributed by atoms with Crippen molar-refractivity contribution in [3.8, 4) is 22.3 Å². The molecule has 0 N–H and O–H groups in total. The van der Waals surface area contributed by atoms with E-state index >= 15 is 0 Å². The maximum Gasteiger partial charge on any atom is 0.137 e. The molecule has 2 heterocycles. The van der Waals surface area contributed by atoms with Crippen LogP contribution in [0.15, 0.2) is 180 Å². The van der Waals surface area contributed by atoms with Crippen LogP contribution in [0, 0.1) is 0 Å². The molecule has 10 aromatic rings. The lowest BCUT2D eigenvalue weighted by molar-refractivity contribution is 0.669. The van der Waals surface area contributed by atoms with Crippen molar-refractivity contribution < 1.29 is 4.42 Å². The van der Waals surface area contributed by atoms with Crippen molar-refractivity contribution in [3.63, 3.8) is 0 Å². The molecule has 0 aliphatic heterocycles. The number of furan rings is 1. The normalized spacial score (nSPS) is 11.7. The first-order valence-corrected chi connectivity index (χ1v) is 17.4. The molecule has 230 valence electrons. The third-order valence-corrected chi connectivity index (χ3v) is 10.8. The second kappa shape index (κ2) is 11.2. The van der Waals surface area contributed by atoms with Crippen LogP contribution in [0.1, 0.15) is 0 Å². The van der Waals surface area contributed by atoms with E-state index in [1.54, 1.807) is 0 Å². The van der Waals surface area contributed by atoms with E-state index in [0.717, 1.165) is 50.1 Å². The minimum Gasteiger partial charge on any atom is -0.456 e. The monoisotopic (exact) mass is 643 g/mol. The zero-order valence-electron chi connectivity index (χ0n) is 26.5. The van der Waals surface area contributed by atoms with E-state index in [9.17, 15) is 0 Å². The highest BCUT2D eigenvalue weighted by Gasteiger charge is 2.23. The van der Waals surface area contributed by atoms with Gasteiger partial charge in [0.1, 0.15) is 11.2 Å². The minimum absolute atomic E-state index is 0.873. The first-order valence-electron chi connectivity index (χ1n) is 16.6. The lowest BCUT2D eigenvalue weighted by Crippen LogP contribution is -2.12. The molecule has 49 heavy (non-hydrogen) atoms. The average Bonchev–Trinajstić information content (AvgIpc) is 3.74. The second-order valence-electron chi connectivity index (χ2n) is 12.5. The number of rotatable bonds is 5. The van der Waals surface area contributed by atoms with E-state index in [1.165, 1.54) is 42.1 Å². The van der Waals surface area contributed by atoms with Gasteiger partial charge in [0, 0.05) is 48.3 Å². The number of hydrogen-bond acceptors (Lipinski definition) is 3. The molecule has 2 nitrogen and oxygen atoms in total. The zero-order chi connectivity index (χ0) is 32.3. The molecule has 0 saturated heterocycles. The maximum atomic E-state index is 6.48. The van der Waals surface area contributed by atoms with Crippen LogP contribution in [0.25, 0.3) is 75.1 Å².